The van der Waals surface area contributed by atoms with Crippen molar-refractivity contribution in [3.8, 4) is 6.19 Å². The third-order valence-corrected chi connectivity index (χ3v) is 9.10. The number of amides is 2. The van der Waals surface area contributed by atoms with Gasteiger partial charge in [-0.25, -0.2) is 13.2 Å². The van der Waals surface area contributed by atoms with Crippen molar-refractivity contribution in [2.45, 2.75) is 61.0 Å². The van der Waals surface area contributed by atoms with Crippen molar-refractivity contribution in [3.63, 3.8) is 0 Å². The number of nitrogens with zero attached hydrogens (tertiary/aromatic N) is 4. The molecule has 4 atom stereocenters. The van der Waals surface area contributed by atoms with Crippen LogP contribution >= 0.6 is 10.2 Å². The third kappa shape index (κ3) is 6.11. The molecule has 0 radical (unpaired) electrons. The number of pyridine rings is 1. The molecule has 1 aromatic heterocycles. The number of hydrogen-bond acceptors (Lipinski definition) is 5. The predicted octanol–water partition coefficient (Wildman–Crippen LogP) is 6.45. The molecule has 1 saturated heterocycles. The number of carbonyl (C=O) groups excluding carboxylic acids is 2. The first-order chi connectivity index (χ1) is 19.4. The van der Waals surface area contributed by atoms with Crippen LogP contribution in [0.1, 0.15) is 43.7 Å². The number of nitrogens with one attached hydrogen (secondary N) is 1. The van der Waals surface area contributed by atoms with Crippen LogP contribution in [0.3, 0.4) is 0 Å². The Morgan fingerprint density at radius 3 is 2.31 bits per heavy atom. The van der Waals surface area contributed by atoms with E-state index in [9.17, 15) is 47.5 Å². The van der Waals surface area contributed by atoms with Gasteiger partial charge >= 0.3 is 10.2 Å². The van der Waals surface area contributed by atoms with E-state index in [-0.39, 0.29) is 48.9 Å². The lowest BCUT2D eigenvalue weighted by Gasteiger charge is -2.41. The highest BCUT2D eigenvalue weighted by Gasteiger charge is 2.65. The van der Waals surface area contributed by atoms with Crippen LogP contribution < -0.4 is 10.2 Å². The molecule has 2 amide bonds. The molecule has 4 unspecified atom stereocenters. The number of aromatic nitrogens is 1. The van der Waals surface area contributed by atoms with Crippen molar-refractivity contribution >= 4 is 27.7 Å². The molecular weight excluding hydrogens is 598 g/mol. The maximum Gasteiger partial charge on any atom is 0.310 e. The summed E-state index contributed by atoms with van der Waals surface area (Å²) in [6, 6.07) is -1.47. The Kier molecular flexibility index (Phi) is 6.72. The van der Waals surface area contributed by atoms with Crippen LogP contribution in [0.25, 0.3) is 0 Å². The van der Waals surface area contributed by atoms with Crippen molar-refractivity contribution in [1.82, 2.24) is 15.2 Å². The Hall–Kier alpha value is -3.61. The van der Waals surface area contributed by atoms with Crippen molar-refractivity contribution in [2.75, 3.05) is 11.4 Å². The summed E-state index contributed by atoms with van der Waals surface area (Å²) in [6.45, 7) is 0.225. The molecule has 0 spiro atoms. The summed E-state index contributed by atoms with van der Waals surface area (Å²) in [6.07, 6.45) is 3.03. The molecule has 3 fully saturated rings. The van der Waals surface area contributed by atoms with Gasteiger partial charge in [-0.1, -0.05) is 19.4 Å². The van der Waals surface area contributed by atoms with E-state index in [2.05, 4.69) is 10.3 Å². The van der Waals surface area contributed by atoms with E-state index in [1.165, 1.54) is 4.90 Å². The number of halogens is 8. The summed E-state index contributed by atoms with van der Waals surface area (Å²) >= 11 is 0. The minimum absolute atomic E-state index is 0.0111. The Morgan fingerprint density at radius 2 is 1.74 bits per heavy atom. The van der Waals surface area contributed by atoms with Crippen LogP contribution in [0.4, 0.5) is 38.3 Å². The fourth-order valence-electron chi connectivity index (χ4n) is 5.75. The number of likely N-dealkylation sites (tertiary alicyclic amines) is 1. The van der Waals surface area contributed by atoms with Crippen LogP contribution in [-0.2, 0) is 9.59 Å². The average molecular weight is 624 g/mol. The number of anilines is 1. The molecule has 2 heterocycles. The van der Waals surface area contributed by atoms with Gasteiger partial charge < -0.3 is 5.32 Å². The molecule has 2 aliphatic carbocycles. The van der Waals surface area contributed by atoms with Crippen molar-refractivity contribution in [2.24, 2.45) is 11.8 Å². The van der Waals surface area contributed by atoms with E-state index >= 15 is 0 Å². The summed E-state index contributed by atoms with van der Waals surface area (Å²) < 4.78 is 109. The smallest absolute Gasteiger partial charge is 0.310 e. The Morgan fingerprint density at radius 1 is 1.10 bits per heavy atom. The lowest BCUT2D eigenvalue weighted by atomic mass is 9.91. The van der Waals surface area contributed by atoms with Gasteiger partial charge in [-0.2, -0.15) is 5.26 Å². The van der Waals surface area contributed by atoms with Gasteiger partial charge in [0.2, 0.25) is 11.8 Å². The van der Waals surface area contributed by atoms with Gasteiger partial charge in [0.25, 0.3) is 5.91 Å². The lowest BCUT2D eigenvalue weighted by molar-refractivity contribution is -0.129. The number of piperidine rings is 1. The van der Waals surface area contributed by atoms with Crippen molar-refractivity contribution in [3.05, 3.63) is 54.1 Å². The molecule has 7 nitrogen and oxygen atoms in total. The van der Waals surface area contributed by atoms with E-state index in [1.807, 2.05) is 6.19 Å². The maximum absolute atomic E-state index is 14.3. The standard InChI is InChI=1S/C26H25F8N5O2S/c27-17-9-15(11-36-12-17)22(24(40)37-18-5-7-26(28,29)8-6-18)39(25(41)23-21-10-16(21)13-38(23)14-35)19-1-3-20(4-2-19)42(30,31,32,33)34/h1-4,9,11-12,16,18,21-23H,5-8,10,13H2,(H,37,40). The van der Waals surface area contributed by atoms with Gasteiger partial charge in [0.15, 0.2) is 6.19 Å². The summed E-state index contributed by atoms with van der Waals surface area (Å²) in [5, 5.41) is 12.2. The lowest BCUT2D eigenvalue weighted by Crippen LogP contribution is -2.53. The monoisotopic (exact) mass is 623 g/mol. The zero-order chi connectivity index (χ0) is 30.7. The van der Waals surface area contributed by atoms with Crippen LogP contribution in [0.5, 0.6) is 0 Å². The molecule has 1 N–H and O–H groups in total. The number of alkyl halides is 2. The molecular formula is C26H25F8N5O2S. The second kappa shape index (κ2) is 9.45. The second-order valence-electron chi connectivity index (χ2n) is 11.0. The quantitative estimate of drug-likeness (QED) is 0.283. The van der Waals surface area contributed by atoms with E-state index < -0.39 is 75.3 Å². The maximum atomic E-state index is 14.3. The fourth-order valence-corrected chi connectivity index (χ4v) is 6.40. The van der Waals surface area contributed by atoms with Gasteiger partial charge in [0, 0.05) is 42.9 Å². The Bertz CT molecular complexity index is 1440. The number of hydrogen-bond donors (Lipinski definition) is 1. The topological polar surface area (TPSA) is 89.3 Å². The number of fused-ring (bicyclic) bond motifs is 1. The molecule has 2 saturated carbocycles. The van der Waals surface area contributed by atoms with Crippen molar-refractivity contribution < 1.29 is 42.2 Å². The summed E-state index contributed by atoms with van der Waals surface area (Å²) in [5.74, 6) is -6.04. The SMILES string of the molecule is N#CN1CC2CC2C1C(=O)N(c1ccc(S(F)(F)(F)(F)F)cc1)C(C(=O)NC1CCC(F)(F)CC1)c1cncc(F)c1. The highest BCUT2D eigenvalue weighted by atomic mass is 32.5. The first kappa shape index (κ1) is 29.9. The van der Waals surface area contributed by atoms with Gasteiger partial charge in [-0.05, 0) is 61.4 Å². The fraction of sp³-hybridized carbons (Fsp3) is 0.462. The van der Waals surface area contributed by atoms with E-state index in [0.29, 0.717) is 18.6 Å². The summed E-state index contributed by atoms with van der Waals surface area (Å²) in [5.41, 5.74) is -0.625. The zero-order valence-electron chi connectivity index (χ0n) is 21.7. The van der Waals surface area contributed by atoms with E-state index in [0.717, 1.165) is 23.4 Å². The van der Waals surface area contributed by atoms with Gasteiger partial charge in [0.1, 0.15) is 22.8 Å². The number of benzene rings is 1. The molecule has 1 aliphatic heterocycles. The molecule has 16 heteroatoms. The number of rotatable bonds is 7. The van der Waals surface area contributed by atoms with Crippen LogP contribution in [0.15, 0.2) is 47.6 Å². The van der Waals surface area contributed by atoms with Crippen LogP contribution in [-0.4, -0.2) is 46.2 Å². The molecule has 1 aromatic carbocycles. The zero-order valence-corrected chi connectivity index (χ0v) is 22.5. The second-order valence-corrected chi connectivity index (χ2v) is 13.4. The van der Waals surface area contributed by atoms with Gasteiger partial charge in [0.05, 0.1) is 6.20 Å². The van der Waals surface area contributed by atoms with E-state index in [4.69, 9.17) is 0 Å². The molecule has 42 heavy (non-hydrogen) atoms. The largest absolute Gasteiger partial charge is 0.351 e. The molecule has 0 bridgehead atoms. The highest BCUT2D eigenvalue weighted by molar-refractivity contribution is 8.45. The van der Waals surface area contributed by atoms with Gasteiger partial charge in [-0.15, -0.1) is 0 Å². The normalized spacial score (nSPS) is 25.8. The van der Waals surface area contributed by atoms with E-state index in [1.54, 1.807) is 0 Å². The summed E-state index contributed by atoms with van der Waals surface area (Å²) in [7, 11) is -10.1. The minimum atomic E-state index is -10.1. The first-order valence-corrected chi connectivity index (χ1v) is 14.9. The number of carbonyl (C=O) groups is 2. The highest BCUT2D eigenvalue weighted by Crippen LogP contribution is 3.02. The average Bonchev–Trinajstić information content (AvgIpc) is 3.56. The minimum Gasteiger partial charge on any atom is -0.351 e. The molecule has 5 rings (SSSR count). The predicted molar refractivity (Wildman–Crippen MR) is 135 cm³/mol. The molecule has 228 valence electrons. The molecule has 3 aliphatic rings. The van der Waals surface area contributed by atoms with Crippen LogP contribution in [0.2, 0.25) is 0 Å². The third-order valence-electron chi connectivity index (χ3n) is 7.94. The van der Waals surface area contributed by atoms with Crippen molar-refractivity contribution in [1.29, 1.82) is 5.26 Å². The molecule has 2 aromatic rings. The summed E-state index contributed by atoms with van der Waals surface area (Å²) in [4.78, 5) is 31.3. The first-order valence-electron chi connectivity index (χ1n) is 13.0. The number of nitriles is 1. The van der Waals surface area contributed by atoms with Gasteiger partial charge in [-0.3, -0.25) is 24.4 Å². The Balaban J connectivity index is 1.59. The van der Waals surface area contributed by atoms with Crippen LogP contribution in [0, 0.1) is 29.1 Å². The Labute approximate surface area is 235 Å².